The quantitative estimate of drug-likeness (QED) is 0.228. The lowest BCUT2D eigenvalue weighted by Gasteiger charge is -2.21. The van der Waals surface area contributed by atoms with E-state index in [2.05, 4.69) is 106 Å². The van der Waals surface area contributed by atoms with E-state index in [0.717, 1.165) is 61.3 Å². The van der Waals surface area contributed by atoms with Crippen LogP contribution in [0.1, 0.15) is 37.5 Å². The average molecular weight is 574 g/mol. The van der Waals surface area contributed by atoms with Crippen molar-refractivity contribution in [2.75, 3.05) is 0 Å². The molecule has 5 aromatic carbocycles. The van der Waals surface area contributed by atoms with E-state index in [9.17, 15) is 5.11 Å². The molecular weight excluding hydrogens is 538 g/mol. The molecule has 0 unspecified atom stereocenters. The fourth-order valence-electron chi connectivity index (χ4n) is 6.27. The Bertz CT molecular complexity index is 2180. The normalized spacial score (nSPS) is 11.8. The Balaban J connectivity index is 1.52. The number of nitrogens with zero attached hydrogens (tertiary/aromatic N) is 3. The van der Waals surface area contributed by atoms with E-state index in [0.29, 0.717) is 0 Å². The standard InChI is InChI=1S/C40H35N3O/c1-25-12-8-13-26(2)38(25)43-34-19-10-18-32(31-17-6-7-20-35(31)44)37(34)42-39(43)29-15-9-14-27(22-29)33-24-30(40(3,4)5)23-28-16-11-21-41-36(28)33/h6-24,44H,1-5H3. The summed E-state index contributed by atoms with van der Waals surface area (Å²) >= 11 is 0. The van der Waals surface area contributed by atoms with Crippen molar-refractivity contribution in [1.29, 1.82) is 0 Å². The summed E-state index contributed by atoms with van der Waals surface area (Å²) in [6.45, 7) is 11.0. The van der Waals surface area contributed by atoms with E-state index in [-0.39, 0.29) is 11.2 Å². The second-order valence-electron chi connectivity index (χ2n) is 12.6. The average Bonchev–Trinajstić information content (AvgIpc) is 3.40. The lowest BCUT2D eigenvalue weighted by molar-refractivity contribution is 0.477. The van der Waals surface area contributed by atoms with Gasteiger partial charge in [0.15, 0.2) is 0 Å². The zero-order chi connectivity index (χ0) is 30.6. The number of pyridine rings is 1. The number of aryl methyl sites for hydroxylation is 2. The van der Waals surface area contributed by atoms with Crippen LogP contribution in [0.25, 0.3) is 61.3 Å². The van der Waals surface area contributed by atoms with Crippen molar-refractivity contribution >= 4 is 21.9 Å². The summed E-state index contributed by atoms with van der Waals surface area (Å²) in [4.78, 5) is 10.2. The second kappa shape index (κ2) is 10.5. The van der Waals surface area contributed by atoms with Crippen LogP contribution in [-0.4, -0.2) is 19.6 Å². The molecule has 4 nitrogen and oxygen atoms in total. The molecule has 0 bridgehead atoms. The molecule has 44 heavy (non-hydrogen) atoms. The van der Waals surface area contributed by atoms with Gasteiger partial charge in [0.05, 0.1) is 22.2 Å². The largest absolute Gasteiger partial charge is 0.507 e. The van der Waals surface area contributed by atoms with Crippen LogP contribution in [0.3, 0.4) is 0 Å². The first kappa shape index (κ1) is 27.6. The van der Waals surface area contributed by atoms with Crippen molar-refractivity contribution in [3.63, 3.8) is 0 Å². The Labute approximate surface area is 258 Å². The number of rotatable bonds is 4. The summed E-state index contributed by atoms with van der Waals surface area (Å²) in [5, 5.41) is 11.9. The number of phenols is 1. The van der Waals surface area contributed by atoms with Crippen LogP contribution < -0.4 is 0 Å². The van der Waals surface area contributed by atoms with Gasteiger partial charge < -0.3 is 5.11 Å². The van der Waals surface area contributed by atoms with E-state index in [1.807, 2.05) is 42.6 Å². The molecule has 0 aliphatic rings. The molecule has 1 N–H and O–H groups in total. The first-order valence-electron chi connectivity index (χ1n) is 15.1. The lowest BCUT2D eigenvalue weighted by atomic mass is 9.84. The minimum Gasteiger partial charge on any atom is -0.507 e. The molecule has 2 heterocycles. The predicted molar refractivity (Wildman–Crippen MR) is 183 cm³/mol. The van der Waals surface area contributed by atoms with Crippen LogP contribution in [0.5, 0.6) is 5.75 Å². The fraction of sp³-hybridized carbons (Fsp3) is 0.150. The van der Waals surface area contributed by atoms with Crippen molar-refractivity contribution in [1.82, 2.24) is 14.5 Å². The van der Waals surface area contributed by atoms with Crippen molar-refractivity contribution in [2.24, 2.45) is 0 Å². The highest BCUT2D eigenvalue weighted by molar-refractivity contribution is 5.98. The maximum absolute atomic E-state index is 10.8. The van der Waals surface area contributed by atoms with Crippen LogP contribution in [-0.2, 0) is 5.41 Å². The molecule has 216 valence electrons. The molecular formula is C40H35N3O. The minimum absolute atomic E-state index is 0.00780. The van der Waals surface area contributed by atoms with Crippen LogP contribution in [0, 0.1) is 13.8 Å². The Morgan fingerprint density at radius 1 is 0.636 bits per heavy atom. The second-order valence-corrected chi connectivity index (χ2v) is 12.6. The van der Waals surface area contributed by atoms with Gasteiger partial charge in [0.2, 0.25) is 0 Å². The predicted octanol–water partition coefficient (Wildman–Crippen LogP) is 10.2. The van der Waals surface area contributed by atoms with Gasteiger partial charge in [-0.1, -0.05) is 93.6 Å². The number of para-hydroxylation sites is 3. The van der Waals surface area contributed by atoms with Gasteiger partial charge in [0, 0.05) is 33.8 Å². The first-order valence-corrected chi connectivity index (χ1v) is 15.1. The van der Waals surface area contributed by atoms with E-state index in [1.54, 1.807) is 6.07 Å². The van der Waals surface area contributed by atoms with Gasteiger partial charge in [0.1, 0.15) is 11.6 Å². The van der Waals surface area contributed by atoms with Crippen LogP contribution >= 0.6 is 0 Å². The molecule has 2 aromatic heterocycles. The lowest BCUT2D eigenvalue weighted by Crippen LogP contribution is -2.11. The third-order valence-corrected chi connectivity index (χ3v) is 8.55. The number of aromatic nitrogens is 3. The number of imidazole rings is 1. The van der Waals surface area contributed by atoms with Crippen LogP contribution in [0.15, 0.2) is 115 Å². The molecule has 0 saturated carbocycles. The number of hydrogen-bond donors (Lipinski definition) is 1. The molecule has 0 saturated heterocycles. The first-order chi connectivity index (χ1) is 21.2. The summed E-state index contributed by atoms with van der Waals surface area (Å²) in [6, 6.07) is 37.4. The summed E-state index contributed by atoms with van der Waals surface area (Å²) in [5.41, 5.74) is 12.4. The topological polar surface area (TPSA) is 50.9 Å². The molecule has 7 aromatic rings. The van der Waals surface area contributed by atoms with Crippen LogP contribution in [0.2, 0.25) is 0 Å². The summed E-state index contributed by atoms with van der Waals surface area (Å²) < 4.78 is 2.28. The van der Waals surface area contributed by atoms with Crippen molar-refractivity contribution in [3.8, 4) is 45.1 Å². The highest BCUT2D eigenvalue weighted by Gasteiger charge is 2.22. The zero-order valence-corrected chi connectivity index (χ0v) is 25.8. The highest BCUT2D eigenvalue weighted by atomic mass is 16.3. The number of hydrogen-bond acceptors (Lipinski definition) is 3. The molecule has 0 spiro atoms. The minimum atomic E-state index is -0.00780. The Morgan fingerprint density at radius 2 is 1.34 bits per heavy atom. The summed E-state index contributed by atoms with van der Waals surface area (Å²) in [5.74, 6) is 1.09. The van der Waals surface area contributed by atoms with E-state index in [1.165, 1.54) is 16.7 Å². The number of fused-ring (bicyclic) bond motifs is 2. The molecule has 0 atom stereocenters. The fourth-order valence-corrected chi connectivity index (χ4v) is 6.27. The number of aromatic hydroxyl groups is 1. The zero-order valence-electron chi connectivity index (χ0n) is 25.8. The van der Waals surface area contributed by atoms with Gasteiger partial charge in [-0.05, 0) is 77.9 Å². The maximum atomic E-state index is 10.8. The number of benzene rings is 5. The van der Waals surface area contributed by atoms with Crippen molar-refractivity contribution < 1.29 is 5.11 Å². The molecule has 0 aliphatic heterocycles. The molecule has 0 radical (unpaired) electrons. The van der Waals surface area contributed by atoms with Crippen LogP contribution in [0.4, 0.5) is 0 Å². The Hall–Kier alpha value is -5.22. The van der Waals surface area contributed by atoms with Gasteiger partial charge in [-0.25, -0.2) is 4.98 Å². The van der Waals surface area contributed by atoms with Crippen molar-refractivity contribution in [3.05, 3.63) is 132 Å². The molecule has 0 fully saturated rings. The monoisotopic (exact) mass is 573 g/mol. The SMILES string of the molecule is Cc1cccc(C)c1-n1c(-c2cccc(-c3cc(C(C)(C)C)cc4cccnc34)c2)nc2c(-c3ccccc3O)cccc21. The third-order valence-electron chi connectivity index (χ3n) is 8.55. The van der Waals surface area contributed by atoms with E-state index >= 15 is 0 Å². The smallest absolute Gasteiger partial charge is 0.145 e. The molecule has 0 aliphatic carbocycles. The van der Waals surface area contributed by atoms with Gasteiger partial charge >= 0.3 is 0 Å². The third kappa shape index (κ3) is 4.64. The van der Waals surface area contributed by atoms with Gasteiger partial charge in [-0.2, -0.15) is 0 Å². The van der Waals surface area contributed by atoms with Gasteiger partial charge in [-0.15, -0.1) is 0 Å². The van der Waals surface area contributed by atoms with Gasteiger partial charge in [-0.3, -0.25) is 9.55 Å². The Morgan fingerprint density at radius 3 is 2.11 bits per heavy atom. The maximum Gasteiger partial charge on any atom is 0.145 e. The molecule has 4 heteroatoms. The van der Waals surface area contributed by atoms with Gasteiger partial charge in [0.25, 0.3) is 0 Å². The van der Waals surface area contributed by atoms with E-state index < -0.39 is 0 Å². The molecule has 0 amide bonds. The molecule has 7 rings (SSSR count). The highest BCUT2D eigenvalue weighted by Crippen LogP contribution is 2.40. The van der Waals surface area contributed by atoms with Crippen molar-refractivity contribution in [2.45, 2.75) is 40.0 Å². The Kier molecular flexibility index (Phi) is 6.58. The summed E-state index contributed by atoms with van der Waals surface area (Å²) in [6.07, 6.45) is 1.87. The number of phenolic OH excluding ortho intramolecular Hbond substituents is 1. The van der Waals surface area contributed by atoms with E-state index in [4.69, 9.17) is 9.97 Å². The summed E-state index contributed by atoms with van der Waals surface area (Å²) in [7, 11) is 0.